The maximum atomic E-state index is 13.7. The van der Waals surface area contributed by atoms with Crippen LogP contribution in [0.4, 0.5) is 0 Å². The maximum Gasteiger partial charge on any atom is 0.295 e. The van der Waals surface area contributed by atoms with Gasteiger partial charge in [0.15, 0.2) is 0 Å². The van der Waals surface area contributed by atoms with E-state index in [4.69, 9.17) is 10.3 Å². The SMILES string of the molecule is C[C@H](N)c1nc(C(=O)N2C[C@@H](c3ccccc3)C[C@H]2C(=O)N2CCC(c3ccccc3)C2)no1. The Bertz CT molecular complexity index is 1150. The third-order valence-corrected chi connectivity index (χ3v) is 6.91. The van der Waals surface area contributed by atoms with Gasteiger partial charge >= 0.3 is 0 Å². The number of hydrogen-bond donors (Lipinski definition) is 1. The molecule has 8 nitrogen and oxygen atoms in total. The Balaban J connectivity index is 1.38. The van der Waals surface area contributed by atoms with Crippen molar-refractivity contribution < 1.29 is 14.1 Å². The van der Waals surface area contributed by atoms with Crippen molar-refractivity contribution in [3.63, 3.8) is 0 Å². The number of nitrogens with two attached hydrogens (primary N) is 1. The molecule has 0 saturated carbocycles. The van der Waals surface area contributed by atoms with Crippen molar-refractivity contribution >= 4 is 11.8 Å². The zero-order chi connectivity index (χ0) is 23.7. The Labute approximate surface area is 198 Å². The van der Waals surface area contributed by atoms with Crippen molar-refractivity contribution in [2.45, 2.75) is 43.7 Å². The highest BCUT2D eigenvalue weighted by Gasteiger charge is 2.44. The smallest absolute Gasteiger partial charge is 0.295 e. The van der Waals surface area contributed by atoms with Gasteiger partial charge in [0.1, 0.15) is 6.04 Å². The summed E-state index contributed by atoms with van der Waals surface area (Å²) in [4.78, 5) is 34.8. The first-order chi connectivity index (χ1) is 16.5. The molecule has 4 atom stereocenters. The fourth-order valence-corrected chi connectivity index (χ4v) is 5.07. The van der Waals surface area contributed by atoms with Crippen LogP contribution >= 0.6 is 0 Å². The summed E-state index contributed by atoms with van der Waals surface area (Å²) in [6.07, 6.45) is 1.49. The largest absolute Gasteiger partial charge is 0.340 e. The van der Waals surface area contributed by atoms with Gasteiger partial charge in [-0.25, -0.2) is 0 Å². The van der Waals surface area contributed by atoms with Gasteiger partial charge in [-0.1, -0.05) is 65.8 Å². The lowest BCUT2D eigenvalue weighted by molar-refractivity contribution is -0.134. The summed E-state index contributed by atoms with van der Waals surface area (Å²) < 4.78 is 5.15. The van der Waals surface area contributed by atoms with Gasteiger partial charge in [-0.3, -0.25) is 9.59 Å². The molecule has 0 bridgehead atoms. The second-order valence-electron chi connectivity index (χ2n) is 9.24. The van der Waals surface area contributed by atoms with Crippen LogP contribution in [0.3, 0.4) is 0 Å². The lowest BCUT2D eigenvalue weighted by atomic mass is 9.96. The van der Waals surface area contributed by atoms with Crippen molar-refractivity contribution in [3.05, 3.63) is 83.5 Å². The topological polar surface area (TPSA) is 106 Å². The molecule has 2 fully saturated rings. The summed E-state index contributed by atoms with van der Waals surface area (Å²) in [5, 5.41) is 3.84. The van der Waals surface area contributed by atoms with Gasteiger partial charge in [-0.2, -0.15) is 4.98 Å². The van der Waals surface area contributed by atoms with E-state index in [0.717, 1.165) is 12.0 Å². The summed E-state index contributed by atoms with van der Waals surface area (Å²) in [5.74, 6) is 0.114. The predicted octanol–water partition coefficient (Wildman–Crippen LogP) is 3.10. The van der Waals surface area contributed by atoms with Crippen molar-refractivity contribution in [3.8, 4) is 0 Å². The monoisotopic (exact) mass is 459 g/mol. The first kappa shape index (κ1) is 22.3. The summed E-state index contributed by atoms with van der Waals surface area (Å²) >= 11 is 0. The van der Waals surface area contributed by atoms with Gasteiger partial charge in [0, 0.05) is 31.5 Å². The van der Waals surface area contributed by atoms with Crippen LogP contribution in [0.25, 0.3) is 0 Å². The molecule has 8 heteroatoms. The van der Waals surface area contributed by atoms with Crippen LogP contribution in [0, 0.1) is 0 Å². The Morgan fingerprint density at radius 3 is 2.26 bits per heavy atom. The van der Waals surface area contributed by atoms with E-state index in [9.17, 15) is 9.59 Å². The molecule has 2 aromatic carbocycles. The molecule has 0 radical (unpaired) electrons. The molecule has 2 N–H and O–H groups in total. The fraction of sp³-hybridized carbons (Fsp3) is 0.385. The second kappa shape index (κ2) is 9.38. The summed E-state index contributed by atoms with van der Waals surface area (Å²) in [7, 11) is 0. The van der Waals surface area contributed by atoms with Crippen molar-refractivity contribution in [1.29, 1.82) is 0 Å². The maximum absolute atomic E-state index is 13.7. The van der Waals surface area contributed by atoms with E-state index in [1.54, 1.807) is 11.8 Å². The fourth-order valence-electron chi connectivity index (χ4n) is 5.07. The van der Waals surface area contributed by atoms with Gasteiger partial charge < -0.3 is 20.1 Å². The van der Waals surface area contributed by atoms with Gasteiger partial charge in [0.25, 0.3) is 11.7 Å². The van der Waals surface area contributed by atoms with E-state index in [2.05, 4.69) is 22.3 Å². The average molecular weight is 460 g/mol. The van der Waals surface area contributed by atoms with Gasteiger partial charge in [-0.15, -0.1) is 0 Å². The highest BCUT2D eigenvalue weighted by Crippen LogP contribution is 2.35. The molecular weight excluding hydrogens is 430 g/mol. The van der Waals surface area contributed by atoms with Gasteiger partial charge in [-0.05, 0) is 30.9 Å². The van der Waals surface area contributed by atoms with Crippen LogP contribution in [-0.4, -0.2) is 57.4 Å². The Morgan fingerprint density at radius 1 is 1.00 bits per heavy atom. The molecule has 34 heavy (non-hydrogen) atoms. The zero-order valence-corrected chi connectivity index (χ0v) is 19.2. The van der Waals surface area contributed by atoms with Gasteiger partial charge in [0.05, 0.1) is 6.04 Å². The van der Waals surface area contributed by atoms with Crippen LogP contribution in [0.15, 0.2) is 65.2 Å². The van der Waals surface area contributed by atoms with Crippen LogP contribution < -0.4 is 5.73 Å². The standard InChI is InChI=1S/C26H29N5O3/c1-17(27)24-28-23(29-34-24)26(33)31-16-21(19-10-6-3-7-11-19)14-22(31)25(32)30-13-12-20(15-30)18-8-4-2-5-9-18/h2-11,17,20-22H,12-16,27H2,1H3/t17-,20?,21-,22-/m0/s1. The molecule has 5 rings (SSSR count). The third-order valence-electron chi connectivity index (χ3n) is 6.91. The molecule has 0 spiro atoms. The van der Waals surface area contributed by atoms with Crippen molar-refractivity contribution in [1.82, 2.24) is 19.9 Å². The van der Waals surface area contributed by atoms with E-state index in [1.165, 1.54) is 5.56 Å². The van der Waals surface area contributed by atoms with E-state index in [0.29, 0.717) is 32.0 Å². The number of rotatable bonds is 5. The highest BCUT2D eigenvalue weighted by molar-refractivity contribution is 5.95. The average Bonchev–Trinajstić information content (AvgIpc) is 3.64. The van der Waals surface area contributed by atoms with Crippen LogP contribution in [-0.2, 0) is 4.79 Å². The molecule has 1 unspecified atom stereocenters. The molecule has 1 aromatic heterocycles. The molecule has 2 saturated heterocycles. The first-order valence-electron chi connectivity index (χ1n) is 11.8. The third kappa shape index (κ3) is 4.33. The molecule has 3 aromatic rings. The number of hydrogen-bond acceptors (Lipinski definition) is 6. The lowest BCUT2D eigenvalue weighted by Gasteiger charge is -2.27. The number of carbonyl (C=O) groups excluding carboxylic acids is 2. The van der Waals surface area contributed by atoms with Crippen molar-refractivity contribution in [2.75, 3.05) is 19.6 Å². The predicted molar refractivity (Wildman–Crippen MR) is 126 cm³/mol. The number of benzene rings is 2. The normalized spacial score (nSPS) is 23.3. The summed E-state index contributed by atoms with van der Waals surface area (Å²) in [6.45, 7) is 3.49. The Morgan fingerprint density at radius 2 is 1.65 bits per heavy atom. The number of amides is 2. The highest BCUT2D eigenvalue weighted by atomic mass is 16.5. The quantitative estimate of drug-likeness (QED) is 0.629. The Hall–Kier alpha value is -3.52. The molecule has 2 amide bonds. The molecular formula is C26H29N5O3. The van der Waals surface area contributed by atoms with Crippen LogP contribution in [0.2, 0.25) is 0 Å². The first-order valence-corrected chi connectivity index (χ1v) is 11.8. The Kier molecular flexibility index (Phi) is 6.15. The lowest BCUT2D eigenvalue weighted by Crippen LogP contribution is -2.47. The van der Waals surface area contributed by atoms with Crippen LogP contribution in [0.5, 0.6) is 0 Å². The number of carbonyl (C=O) groups is 2. The van der Waals surface area contributed by atoms with E-state index < -0.39 is 18.0 Å². The summed E-state index contributed by atoms with van der Waals surface area (Å²) in [6, 6.07) is 19.3. The van der Waals surface area contributed by atoms with Gasteiger partial charge in [0.2, 0.25) is 11.8 Å². The number of nitrogens with zero attached hydrogens (tertiary/aromatic N) is 4. The number of aromatic nitrogens is 2. The molecule has 2 aliphatic heterocycles. The molecule has 3 heterocycles. The molecule has 2 aliphatic rings. The minimum Gasteiger partial charge on any atom is -0.340 e. The zero-order valence-electron chi connectivity index (χ0n) is 19.2. The minimum absolute atomic E-state index is 0.0128. The van der Waals surface area contributed by atoms with E-state index in [-0.39, 0.29) is 23.5 Å². The minimum atomic E-state index is -0.565. The van der Waals surface area contributed by atoms with E-state index >= 15 is 0 Å². The van der Waals surface area contributed by atoms with E-state index in [1.807, 2.05) is 53.4 Å². The second-order valence-corrected chi connectivity index (χ2v) is 9.24. The number of likely N-dealkylation sites (tertiary alicyclic amines) is 2. The summed E-state index contributed by atoms with van der Waals surface area (Å²) in [5.41, 5.74) is 8.18. The molecule has 176 valence electrons. The molecule has 0 aliphatic carbocycles. The van der Waals surface area contributed by atoms with Crippen LogP contribution in [0.1, 0.15) is 65.3 Å². The van der Waals surface area contributed by atoms with Crippen molar-refractivity contribution in [2.24, 2.45) is 5.73 Å².